The Morgan fingerprint density at radius 3 is 2.71 bits per heavy atom. The van der Waals surface area contributed by atoms with Gasteiger partial charge in [-0.05, 0) is 48.4 Å². The molecule has 3 heterocycles. The normalized spacial score (nSPS) is 18.4. The molecule has 34 heavy (non-hydrogen) atoms. The Morgan fingerprint density at radius 1 is 1.18 bits per heavy atom. The molecule has 1 N–H and O–H groups in total. The van der Waals surface area contributed by atoms with Crippen LogP contribution in [0.1, 0.15) is 22.7 Å². The molecule has 0 aliphatic carbocycles. The number of hydrogen-bond donors (Lipinski definition) is 1. The van der Waals surface area contributed by atoms with Crippen molar-refractivity contribution < 1.29 is 28.9 Å². The molecule has 5 rings (SSSR count). The van der Waals surface area contributed by atoms with E-state index in [0.29, 0.717) is 22.7 Å². The van der Waals surface area contributed by atoms with Gasteiger partial charge >= 0.3 is 0 Å². The van der Waals surface area contributed by atoms with Crippen LogP contribution in [0, 0.1) is 6.92 Å². The third-order valence-electron chi connectivity index (χ3n) is 5.73. The minimum absolute atomic E-state index is 0.0670. The number of aromatic nitrogens is 1. The van der Waals surface area contributed by atoms with Crippen LogP contribution in [-0.2, 0) is 9.59 Å². The van der Waals surface area contributed by atoms with E-state index < -0.39 is 23.5 Å². The lowest BCUT2D eigenvalue weighted by atomic mass is 9.95. The molecular formula is C25H19ClN2O6. The number of carbonyl (C=O) groups is 2. The molecule has 1 unspecified atom stereocenters. The molecule has 0 radical (unpaired) electrons. The number of methoxy groups -OCH3 is 1. The maximum atomic E-state index is 13.3. The van der Waals surface area contributed by atoms with Crippen LogP contribution in [0.25, 0.3) is 5.76 Å². The first-order valence-electron chi connectivity index (χ1n) is 10.4. The number of Topliss-reactive ketones (excluding diaryl/α,β-unsaturated/α-hetero) is 1. The van der Waals surface area contributed by atoms with Crippen LogP contribution in [0.5, 0.6) is 17.2 Å². The predicted octanol–water partition coefficient (Wildman–Crippen LogP) is 4.41. The lowest BCUT2D eigenvalue weighted by Gasteiger charge is -2.25. The van der Waals surface area contributed by atoms with E-state index in [1.807, 2.05) is 0 Å². The van der Waals surface area contributed by atoms with Crippen molar-refractivity contribution in [2.75, 3.05) is 18.8 Å². The number of pyridine rings is 1. The Labute approximate surface area is 200 Å². The number of carbonyl (C=O) groups excluding carboxylic acids is 2. The van der Waals surface area contributed by atoms with E-state index in [1.165, 1.54) is 12.0 Å². The number of nitrogens with zero attached hydrogens (tertiary/aromatic N) is 2. The number of rotatable bonds is 4. The third kappa shape index (κ3) is 3.43. The number of amides is 1. The summed E-state index contributed by atoms with van der Waals surface area (Å²) in [6, 6.07) is 10.8. The van der Waals surface area contributed by atoms with E-state index in [-0.39, 0.29) is 28.7 Å². The molecule has 1 saturated heterocycles. The number of aliphatic hydroxyl groups excluding tert-OH is 1. The molecule has 2 aromatic carbocycles. The lowest BCUT2D eigenvalue weighted by molar-refractivity contribution is -0.132. The average Bonchev–Trinajstić information content (AvgIpc) is 3.40. The number of ketones is 1. The van der Waals surface area contributed by atoms with Gasteiger partial charge in [-0.25, -0.2) is 0 Å². The molecule has 1 amide bonds. The van der Waals surface area contributed by atoms with Crippen LogP contribution in [0.4, 0.5) is 5.69 Å². The third-order valence-corrected chi connectivity index (χ3v) is 6.01. The number of hydrogen-bond acceptors (Lipinski definition) is 7. The summed E-state index contributed by atoms with van der Waals surface area (Å²) in [5.41, 5.74) is 1.81. The second kappa shape index (κ2) is 8.39. The molecule has 8 nitrogen and oxygen atoms in total. The van der Waals surface area contributed by atoms with Gasteiger partial charge < -0.3 is 19.3 Å². The minimum atomic E-state index is -0.946. The van der Waals surface area contributed by atoms with Gasteiger partial charge in [-0.15, -0.1) is 0 Å². The standard InChI is InChI=1S/C25H19ClN2O6/c1-13-8-16(24(32-2)17(26)9-13)22(29)20-21(14-4-3-7-27-11-14)28(25(31)23(20)30)15-5-6-18-19(10-15)34-12-33-18/h3-11,21,29H,12H2,1-2H3/b22-20+. The molecular weight excluding hydrogens is 460 g/mol. The van der Waals surface area contributed by atoms with Crippen molar-refractivity contribution in [3.63, 3.8) is 0 Å². The summed E-state index contributed by atoms with van der Waals surface area (Å²) in [6.07, 6.45) is 3.13. The van der Waals surface area contributed by atoms with Crippen LogP contribution in [-0.4, -0.2) is 35.7 Å². The van der Waals surface area contributed by atoms with Crippen molar-refractivity contribution in [3.05, 3.63) is 82.1 Å². The molecule has 1 aromatic heterocycles. The summed E-state index contributed by atoms with van der Waals surface area (Å²) >= 11 is 6.33. The fourth-order valence-electron chi connectivity index (χ4n) is 4.24. The molecule has 172 valence electrons. The highest BCUT2D eigenvalue weighted by Crippen LogP contribution is 2.46. The maximum absolute atomic E-state index is 13.3. The van der Waals surface area contributed by atoms with Crippen molar-refractivity contribution in [3.8, 4) is 17.2 Å². The molecule has 1 atom stereocenters. The largest absolute Gasteiger partial charge is 0.507 e. The number of anilines is 1. The van der Waals surface area contributed by atoms with Crippen molar-refractivity contribution >= 4 is 34.7 Å². The highest BCUT2D eigenvalue weighted by molar-refractivity contribution is 6.51. The Bertz CT molecular complexity index is 1360. The summed E-state index contributed by atoms with van der Waals surface area (Å²) in [6.45, 7) is 1.86. The summed E-state index contributed by atoms with van der Waals surface area (Å²) in [5.74, 6) is -0.841. The number of benzene rings is 2. The van der Waals surface area contributed by atoms with E-state index in [4.69, 9.17) is 25.8 Å². The molecule has 0 saturated carbocycles. The molecule has 0 spiro atoms. The van der Waals surface area contributed by atoms with Crippen molar-refractivity contribution in [2.24, 2.45) is 0 Å². The first kappa shape index (κ1) is 21.8. The number of halogens is 1. The minimum Gasteiger partial charge on any atom is -0.507 e. The Kier molecular flexibility index (Phi) is 5.37. The molecule has 1 fully saturated rings. The van der Waals surface area contributed by atoms with Gasteiger partial charge in [0.2, 0.25) is 6.79 Å². The van der Waals surface area contributed by atoms with Gasteiger partial charge in [-0.3, -0.25) is 19.5 Å². The van der Waals surface area contributed by atoms with Crippen molar-refractivity contribution in [2.45, 2.75) is 13.0 Å². The second-order valence-corrected chi connectivity index (χ2v) is 8.23. The first-order chi connectivity index (χ1) is 16.4. The quantitative estimate of drug-likeness (QED) is 0.337. The summed E-state index contributed by atoms with van der Waals surface area (Å²) in [4.78, 5) is 32.1. The first-order valence-corrected chi connectivity index (χ1v) is 10.7. The molecule has 2 aliphatic rings. The van der Waals surface area contributed by atoms with Crippen LogP contribution in [0.3, 0.4) is 0 Å². The molecule has 3 aromatic rings. The van der Waals surface area contributed by atoms with Gasteiger partial charge in [-0.2, -0.15) is 0 Å². The van der Waals surface area contributed by atoms with Crippen LogP contribution in [0.15, 0.2) is 60.4 Å². The molecule has 9 heteroatoms. The highest BCUT2D eigenvalue weighted by atomic mass is 35.5. The van der Waals surface area contributed by atoms with Crippen molar-refractivity contribution in [1.29, 1.82) is 0 Å². The smallest absolute Gasteiger partial charge is 0.300 e. The molecule has 2 aliphatic heterocycles. The number of ether oxygens (including phenoxy) is 3. The van der Waals surface area contributed by atoms with Gasteiger partial charge in [0.05, 0.1) is 29.3 Å². The number of aliphatic hydroxyl groups is 1. The van der Waals surface area contributed by atoms with E-state index in [1.54, 1.807) is 61.8 Å². The van der Waals surface area contributed by atoms with Crippen LogP contribution >= 0.6 is 11.6 Å². The summed E-state index contributed by atoms with van der Waals surface area (Å²) < 4.78 is 16.2. The number of fused-ring (bicyclic) bond motifs is 1. The topological polar surface area (TPSA) is 98.2 Å². The van der Waals surface area contributed by atoms with E-state index in [0.717, 1.165) is 5.56 Å². The van der Waals surface area contributed by atoms with Crippen LogP contribution in [0.2, 0.25) is 5.02 Å². The fourth-order valence-corrected chi connectivity index (χ4v) is 4.60. The average molecular weight is 479 g/mol. The Hall–Kier alpha value is -4.04. The van der Waals surface area contributed by atoms with Crippen LogP contribution < -0.4 is 19.1 Å². The zero-order valence-electron chi connectivity index (χ0n) is 18.2. The summed E-state index contributed by atoms with van der Waals surface area (Å²) in [7, 11) is 1.41. The highest BCUT2D eigenvalue weighted by Gasteiger charge is 2.47. The van der Waals surface area contributed by atoms with Crippen molar-refractivity contribution in [1.82, 2.24) is 4.98 Å². The fraction of sp³-hybridized carbons (Fsp3) is 0.160. The SMILES string of the molecule is COc1c(Cl)cc(C)cc1/C(O)=C1\C(=O)C(=O)N(c2ccc3c(c2)OCO3)C1c1cccnc1. The zero-order chi connectivity index (χ0) is 24.0. The Balaban J connectivity index is 1.74. The van der Waals surface area contributed by atoms with Gasteiger partial charge in [0.15, 0.2) is 11.5 Å². The monoisotopic (exact) mass is 478 g/mol. The van der Waals surface area contributed by atoms with E-state index in [2.05, 4.69) is 4.98 Å². The Morgan fingerprint density at radius 2 is 1.97 bits per heavy atom. The second-order valence-electron chi connectivity index (χ2n) is 7.82. The maximum Gasteiger partial charge on any atom is 0.300 e. The van der Waals surface area contributed by atoms with E-state index in [9.17, 15) is 14.7 Å². The van der Waals surface area contributed by atoms with Gasteiger partial charge in [0, 0.05) is 24.1 Å². The lowest BCUT2D eigenvalue weighted by Crippen LogP contribution is -2.29. The van der Waals surface area contributed by atoms with Gasteiger partial charge in [-0.1, -0.05) is 17.7 Å². The predicted molar refractivity (Wildman–Crippen MR) is 124 cm³/mol. The van der Waals surface area contributed by atoms with E-state index >= 15 is 0 Å². The number of aryl methyl sites for hydroxylation is 1. The van der Waals surface area contributed by atoms with Gasteiger partial charge in [0.1, 0.15) is 11.5 Å². The molecule has 0 bridgehead atoms. The van der Waals surface area contributed by atoms with Gasteiger partial charge in [0.25, 0.3) is 11.7 Å². The summed E-state index contributed by atoms with van der Waals surface area (Å²) in [5, 5.41) is 11.7. The zero-order valence-corrected chi connectivity index (χ0v) is 19.0.